The van der Waals surface area contributed by atoms with E-state index >= 15 is 0 Å². The summed E-state index contributed by atoms with van der Waals surface area (Å²) >= 11 is 0. The maximum atomic E-state index is 12.1. The Bertz CT molecular complexity index is 448. The van der Waals surface area contributed by atoms with Crippen LogP contribution in [0.25, 0.3) is 0 Å². The zero-order chi connectivity index (χ0) is 12.2. The van der Waals surface area contributed by atoms with Gasteiger partial charge in [-0.05, 0) is 19.1 Å². The molecule has 16 heavy (non-hydrogen) atoms. The first kappa shape index (κ1) is 12.9. The van der Waals surface area contributed by atoms with Gasteiger partial charge in [-0.2, -0.15) is 4.31 Å². The lowest BCUT2D eigenvalue weighted by Crippen LogP contribution is -2.30. The van der Waals surface area contributed by atoms with Crippen molar-refractivity contribution >= 4 is 10.0 Å². The van der Waals surface area contributed by atoms with Crippen LogP contribution in [0.15, 0.2) is 41.8 Å². The fourth-order valence-electron chi connectivity index (χ4n) is 1.40. The molecule has 1 rings (SSSR count). The Morgan fingerprint density at radius 1 is 1.31 bits per heavy atom. The van der Waals surface area contributed by atoms with Crippen LogP contribution in [0.5, 0.6) is 0 Å². The van der Waals surface area contributed by atoms with E-state index in [9.17, 15) is 8.42 Å². The first-order valence-corrected chi connectivity index (χ1v) is 6.64. The van der Waals surface area contributed by atoms with E-state index in [4.69, 9.17) is 0 Å². The highest BCUT2D eigenvalue weighted by molar-refractivity contribution is 7.89. The molecule has 0 aliphatic carbocycles. The standard InChI is InChI=1S/C12H17NO2S/c1-4-10-13(5-2)16(14,15)12-8-6-11(3)7-9-12/h4,6-9H,1,5,10H2,2-3H3. The SMILES string of the molecule is C=CCN(CC)S(=O)(=O)c1ccc(C)cc1. The summed E-state index contributed by atoms with van der Waals surface area (Å²) in [5.41, 5.74) is 1.05. The fraction of sp³-hybridized carbons (Fsp3) is 0.333. The maximum absolute atomic E-state index is 12.1. The van der Waals surface area contributed by atoms with Crippen molar-refractivity contribution in [3.05, 3.63) is 42.5 Å². The zero-order valence-electron chi connectivity index (χ0n) is 9.68. The van der Waals surface area contributed by atoms with E-state index in [-0.39, 0.29) is 0 Å². The zero-order valence-corrected chi connectivity index (χ0v) is 10.5. The molecule has 3 nitrogen and oxygen atoms in total. The molecule has 0 aromatic heterocycles. The van der Waals surface area contributed by atoms with Gasteiger partial charge in [0.05, 0.1) is 4.90 Å². The average Bonchev–Trinajstić information content (AvgIpc) is 2.26. The molecule has 0 aliphatic heterocycles. The van der Waals surface area contributed by atoms with Crippen molar-refractivity contribution in [1.29, 1.82) is 0 Å². The molecule has 0 unspecified atom stereocenters. The number of nitrogens with zero attached hydrogens (tertiary/aromatic N) is 1. The van der Waals surface area contributed by atoms with Crippen LogP contribution in [-0.4, -0.2) is 25.8 Å². The van der Waals surface area contributed by atoms with E-state index in [2.05, 4.69) is 6.58 Å². The molecule has 4 heteroatoms. The molecular weight excluding hydrogens is 222 g/mol. The summed E-state index contributed by atoms with van der Waals surface area (Å²) < 4.78 is 25.7. The molecule has 0 amide bonds. The Hall–Kier alpha value is -1.13. The Balaban J connectivity index is 3.09. The molecule has 0 atom stereocenters. The highest BCUT2D eigenvalue weighted by Gasteiger charge is 2.21. The summed E-state index contributed by atoms with van der Waals surface area (Å²) in [6.45, 7) is 8.09. The van der Waals surface area contributed by atoms with Gasteiger partial charge in [0.15, 0.2) is 0 Å². The molecule has 1 aromatic rings. The van der Waals surface area contributed by atoms with Gasteiger partial charge in [-0.25, -0.2) is 8.42 Å². The van der Waals surface area contributed by atoms with Gasteiger partial charge in [0.2, 0.25) is 10.0 Å². The van der Waals surface area contributed by atoms with E-state index < -0.39 is 10.0 Å². The van der Waals surface area contributed by atoms with E-state index in [1.165, 1.54) is 4.31 Å². The summed E-state index contributed by atoms with van der Waals surface area (Å²) in [6.07, 6.45) is 1.59. The number of likely N-dealkylation sites (N-methyl/N-ethyl adjacent to an activating group) is 1. The minimum Gasteiger partial charge on any atom is -0.207 e. The van der Waals surface area contributed by atoms with Crippen molar-refractivity contribution in [3.63, 3.8) is 0 Å². The molecule has 0 N–H and O–H groups in total. The minimum absolute atomic E-state index is 0.335. The predicted molar refractivity (Wildman–Crippen MR) is 65.8 cm³/mol. The third-order valence-corrected chi connectivity index (χ3v) is 4.30. The summed E-state index contributed by atoms with van der Waals surface area (Å²) in [5, 5.41) is 0. The van der Waals surface area contributed by atoms with E-state index in [0.29, 0.717) is 18.0 Å². The van der Waals surface area contributed by atoms with Gasteiger partial charge in [-0.1, -0.05) is 30.7 Å². The monoisotopic (exact) mass is 239 g/mol. The van der Waals surface area contributed by atoms with Crippen LogP contribution in [0.2, 0.25) is 0 Å². The Labute approximate surface area is 97.5 Å². The van der Waals surface area contributed by atoms with Crippen LogP contribution < -0.4 is 0 Å². The molecule has 0 spiro atoms. The second kappa shape index (κ2) is 5.27. The molecule has 0 saturated heterocycles. The minimum atomic E-state index is -3.37. The van der Waals surface area contributed by atoms with Crippen LogP contribution >= 0.6 is 0 Å². The number of benzene rings is 1. The molecular formula is C12H17NO2S. The van der Waals surface area contributed by atoms with Crippen molar-refractivity contribution < 1.29 is 8.42 Å². The second-order valence-electron chi connectivity index (χ2n) is 3.56. The third-order valence-electron chi connectivity index (χ3n) is 2.34. The maximum Gasteiger partial charge on any atom is 0.243 e. The topological polar surface area (TPSA) is 37.4 Å². The second-order valence-corrected chi connectivity index (χ2v) is 5.50. The number of hydrogen-bond acceptors (Lipinski definition) is 2. The highest BCUT2D eigenvalue weighted by Crippen LogP contribution is 2.15. The fourth-order valence-corrected chi connectivity index (χ4v) is 2.82. The molecule has 0 aliphatic rings. The summed E-state index contributed by atoms with van der Waals surface area (Å²) in [6, 6.07) is 6.87. The van der Waals surface area contributed by atoms with Crippen LogP contribution in [-0.2, 0) is 10.0 Å². The summed E-state index contributed by atoms with van der Waals surface area (Å²) in [5.74, 6) is 0. The van der Waals surface area contributed by atoms with Crippen LogP contribution in [0.3, 0.4) is 0 Å². The van der Waals surface area contributed by atoms with Crippen LogP contribution in [0.1, 0.15) is 12.5 Å². The number of sulfonamides is 1. The van der Waals surface area contributed by atoms with Gasteiger partial charge in [-0.15, -0.1) is 6.58 Å². The molecule has 0 saturated carbocycles. The van der Waals surface area contributed by atoms with Crippen molar-refractivity contribution in [2.24, 2.45) is 0 Å². The Morgan fingerprint density at radius 3 is 2.31 bits per heavy atom. The average molecular weight is 239 g/mol. The van der Waals surface area contributed by atoms with Crippen molar-refractivity contribution in [2.75, 3.05) is 13.1 Å². The van der Waals surface area contributed by atoms with Gasteiger partial charge in [0.25, 0.3) is 0 Å². The lowest BCUT2D eigenvalue weighted by molar-refractivity contribution is 0.460. The lowest BCUT2D eigenvalue weighted by atomic mass is 10.2. The van der Waals surface area contributed by atoms with Crippen LogP contribution in [0.4, 0.5) is 0 Å². The van der Waals surface area contributed by atoms with Gasteiger partial charge < -0.3 is 0 Å². The van der Waals surface area contributed by atoms with Crippen molar-refractivity contribution in [3.8, 4) is 0 Å². The molecule has 0 radical (unpaired) electrons. The smallest absolute Gasteiger partial charge is 0.207 e. The number of hydrogen-bond donors (Lipinski definition) is 0. The van der Waals surface area contributed by atoms with E-state index in [1.807, 2.05) is 13.8 Å². The Morgan fingerprint density at radius 2 is 1.88 bits per heavy atom. The molecule has 88 valence electrons. The highest BCUT2D eigenvalue weighted by atomic mass is 32.2. The Kier molecular flexibility index (Phi) is 4.26. The quantitative estimate of drug-likeness (QED) is 0.739. The molecule has 0 heterocycles. The first-order valence-electron chi connectivity index (χ1n) is 5.20. The predicted octanol–water partition coefficient (Wildman–Crippen LogP) is 2.19. The lowest BCUT2D eigenvalue weighted by Gasteiger charge is -2.18. The molecule has 0 fully saturated rings. The van der Waals surface area contributed by atoms with Gasteiger partial charge >= 0.3 is 0 Å². The summed E-state index contributed by atoms with van der Waals surface area (Å²) in [4.78, 5) is 0.335. The van der Waals surface area contributed by atoms with Crippen molar-refractivity contribution in [2.45, 2.75) is 18.7 Å². The third kappa shape index (κ3) is 2.71. The number of aryl methyl sites for hydroxylation is 1. The summed E-state index contributed by atoms with van der Waals surface area (Å²) in [7, 11) is -3.37. The van der Waals surface area contributed by atoms with Gasteiger partial charge in [-0.3, -0.25) is 0 Å². The number of rotatable bonds is 5. The van der Waals surface area contributed by atoms with Gasteiger partial charge in [0.1, 0.15) is 0 Å². The van der Waals surface area contributed by atoms with Crippen LogP contribution in [0, 0.1) is 6.92 Å². The largest absolute Gasteiger partial charge is 0.243 e. The molecule has 1 aromatic carbocycles. The van der Waals surface area contributed by atoms with E-state index in [0.717, 1.165) is 5.56 Å². The van der Waals surface area contributed by atoms with Crippen molar-refractivity contribution in [1.82, 2.24) is 4.31 Å². The molecule has 0 bridgehead atoms. The normalized spacial score (nSPS) is 11.7. The van der Waals surface area contributed by atoms with Gasteiger partial charge in [0, 0.05) is 13.1 Å². The first-order chi connectivity index (χ1) is 7.52. The van der Waals surface area contributed by atoms with E-state index in [1.54, 1.807) is 30.3 Å².